The molecule has 0 bridgehead atoms. The molecule has 2 heterocycles. The zero-order valence-corrected chi connectivity index (χ0v) is 11.1. The number of ketones is 1. The Bertz CT molecular complexity index is 506. The van der Waals surface area contributed by atoms with Gasteiger partial charge in [-0.3, -0.25) is 4.79 Å². The van der Waals surface area contributed by atoms with Crippen LogP contribution < -0.4 is 0 Å². The molecule has 0 saturated carbocycles. The quantitative estimate of drug-likeness (QED) is 0.816. The van der Waals surface area contributed by atoms with E-state index in [1.165, 1.54) is 17.5 Å². The summed E-state index contributed by atoms with van der Waals surface area (Å²) in [4.78, 5) is 12.9. The Morgan fingerprint density at radius 1 is 1.62 bits per heavy atom. The molecule has 2 rings (SSSR count). The Hall–Kier alpha value is -1.01. The maximum atomic E-state index is 12.2. The number of carbonyl (C=O) groups is 1. The van der Waals surface area contributed by atoms with E-state index in [9.17, 15) is 4.79 Å². The van der Waals surface area contributed by atoms with Crippen molar-refractivity contribution in [1.29, 1.82) is 0 Å². The van der Waals surface area contributed by atoms with Gasteiger partial charge in [-0.15, -0.1) is 16.4 Å². The first-order chi connectivity index (χ1) is 7.74. The molecule has 84 valence electrons. The van der Waals surface area contributed by atoms with Crippen LogP contribution in [0, 0.1) is 0 Å². The molecule has 0 aromatic carbocycles. The summed E-state index contributed by atoms with van der Waals surface area (Å²) in [6, 6.07) is 1.87. The topological polar surface area (TPSA) is 47.8 Å². The first-order valence-electron chi connectivity index (χ1n) is 4.90. The molecule has 16 heavy (non-hydrogen) atoms. The zero-order chi connectivity index (χ0) is 11.5. The average Bonchev–Trinajstić information content (AvgIpc) is 2.87. The lowest BCUT2D eigenvalue weighted by Gasteiger charge is -2.02. The van der Waals surface area contributed by atoms with E-state index in [2.05, 4.69) is 26.2 Å². The summed E-state index contributed by atoms with van der Waals surface area (Å²) in [6.07, 6.45) is 2.44. The van der Waals surface area contributed by atoms with Crippen LogP contribution in [0.1, 0.15) is 28.7 Å². The monoisotopic (exact) mass is 299 g/mol. The van der Waals surface area contributed by atoms with Gasteiger partial charge in [-0.1, -0.05) is 12.1 Å². The SMILES string of the molecule is CCCn1nncc1C(=O)c1sccc1Br. The Morgan fingerprint density at radius 3 is 3.06 bits per heavy atom. The van der Waals surface area contributed by atoms with Crippen LogP contribution in [0.3, 0.4) is 0 Å². The normalized spacial score (nSPS) is 10.6. The summed E-state index contributed by atoms with van der Waals surface area (Å²) in [5.74, 6) is -0.0275. The standard InChI is InChI=1S/C10H10BrN3OS/c1-2-4-14-8(6-12-13-14)9(15)10-7(11)3-5-16-10/h3,5-6H,2,4H2,1H3. The van der Waals surface area contributed by atoms with Crippen molar-refractivity contribution in [2.45, 2.75) is 19.9 Å². The molecule has 0 N–H and O–H groups in total. The molecule has 6 heteroatoms. The Labute approximate surface area is 105 Å². The zero-order valence-electron chi connectivity index (χ0n) is 8.68. The van der Waals surface area contributed by atoms with Crippen molar-refractivity contribution in [3.05, 3.63) is 32.7 Å². The van der Waals surface area contributed by atoms with E-state index in [1.807, 2.05) is 18.4 Å². The van der Waals surface area contributed by atoms with Crippen LogP contribution in [0.5, 0.6) is 0 Å². The number of hydrogen-bond acceptors (Lipinski definition) is 4. The molecule has 0 spiro atoms. The van der Waals surface area contributed by atoms with Gasteiger partial charge in [0.1, 0.15) is 5.69 Å². The first-order valence-corrected chi connectivity index (χ1v) is 6.57. The van der Waals surface area contributed by atoms with Crippen LogP contribution in [0.4, 0.5) is 0 Å². The number of aromatic nitrogens is 3. The summed E-state index contributed by atoms with van der Waals surface area (Å²) >= 11 is 4.77. The van der Waals surface area contributed by atoms with Crippen molar-refractivity contribution in [2.75, 3.05) is 0 Å². The van der Waals surface area contributed by atoms with Gasteiger partial charge in [0.15, 0.2) is 0 Å². The molecule has 0 amide bonds. The Morgan fingerprint density at radius 2 is 2.44 bits per heavy atom. The van der Waals surface area contributed by atoms with Gasteiger partial charge in [0, 0.05) is 11.0 Å². The fraction of sp³-hybridized carbons (Fsp3) is 0.300. The van der Waals surface area contributed by atoms with Gasteiger partial charge in [-0.25, -0.2) is 4.68 Å². The van der Waals surface area contributed by atoms with E-state index < -0.39 is 0 Å². The maximum Gasteiger partial charge on any atom is 0.223 e. The molecule has 2 aromatic heterocycles. The van der Waals surface area contributed by atoms with Gasteiger partial charge < -0.3 is 0 Å². The van der Waals surface area contributed by atoms with Crippen molar-refractivity contribution < 1.29 is 4.79 Å². The molecule has 2 aromatic rings. The molecule has 4 nitrogen and oxygen atoms in total. The van der Waals surface area contributed by atoms with Crippen LogP contribution in [-0.4, -0.2) is 20.8 Å². The highest BCUT2D eigenvalue weighted by Crippen LogP contribution is 2.25. The molecule has 0 aliphatic rings. The van der Waals surface area contributed by atoms with Gasteiger partial charge in [0.05, 0.1) is 11.1 Å². The maximum absolute atomic E-state index is 12.2. The van der Waals surface area contributed by atoms with Crippen molar-refractivity contribution in [2.24, 2.45) is 0 Å². The lowest BCUT2D eigenvalue weighted by Crippen LogP contribution is -2.10. The average molecular weight is 300 g/mol. The second-order valence-corrected chi connectivity index (χ2v) is 5.04. The van der Waals surface area contributed by atoms with E-state index in [0.29, 0.717) is 17.1 Å². The molecule has 0 saturated heterocycles. The third-order valence-corrected chi connectivity index (χ3v) is 3.95. The molecule has 0 aliphatic carbocycles. The van der Waals surface area contributed by atoms with Gasteiger partial charge in [0.25, 0.3) is 0 Å². The lowest BCUT2D eigenvalue weighted by atomic mass is 10.2. The van der Waals surface area contributed by atoms with E-state index in [1.54, 1.807) is 4.68 Å². The van der Waals surface area contributed by atoms with Crippen LogP contribution >= 0.6 is 27.3 Å². The predicted octanol–water partition coefficient (Wildman–Crippen LogP) is 2.74. The van der Waals surface area contributed by atoms with Crippen molar-refractivity contribution in [1.82, 2.24) is 15.0 Å². The molecule has 0 radical (unpaired) electrons. The molecule has 0 unspecified atom stereocenters. The van der Waals surface area contributed by atoms with Crippen LogP contribution in [0.15, 0.2) is 22.1 Å². The van der Waals surface area contributed by atoms with E-state index in [4.69, 9.17) is 0 Å². The molecule has 0 aliphatic heterocycles. The highest BCUT2D eigenvalue weighted by molar-refractivity contribution is 9.10. The smallest absolute Gasteiger partial charge is 0.223 e. The van der Waals surface area contributed by atoms with Crippen molar-refractivity contribution >= 4 is 33.0 Å². The molecular weight excluding hydrogens is 290 g/mol. The second kappa shape index (κ2) is 4.88. The highest BCUT2D eigenvalue weighted by Gasteiger charge is 2.18. The van der Waals surface area contributed by atoms with Gasteiger partial charge in [-0.2, -0.15) is 0 Å². The number of carbonyl (C=O) groups excluding carboxylic acids is 1. The minimum atomic E-state index is -0.0275. The summed E-state index contributed by atoms with van der Waals surface area (Å²) in [6.45, 7) is 2.75. The number of halogens is 1. The fourth-order valence-corrected chi connectivity index (χ4v) is 2.88. The predicted molar refractivity (Wildman–Crippen MR) is 65.8 cm³/mol. The number of thiophene rings is 1. The minimum absolute atomic E-state index is 0.0275. The molecule has 0 atom stereocenters. The Kier molecular flexibility index (Phi) is 3.50. The summed E-state index contributed by atoms with van der Waals surface area (Å²) in [5.41, 5.74) is 0.546. The van der Waals surface area contributed by atoms with Crippen LogP contribution in [-0.2, 0) is 6.54 Å². The number of nitrogens with zero attached hydrogens (tertiary/aromatic N) is 3. The van der Waals surface area contributed by atoms with E-state index in [0.717, 1.165) is 10.9 Å². The van der Waals surface area contributed by atoms with E-state index >= 15 is 0 Å². The summed E-state index contributed by atoms with van der Waals surface area (Å²) in [7, 11) is 0. The summed E-state index contributed by atoms with van der Waals surface area (Å²) < 4.78 is 2.47. The third-order valence-electron chi connectivity index (χ3n) is 2.11. The van der Waals surface area contributed by atoms with Gasteiger partial charge in [0.2, 0.25) is 5.78 Å². The van der Waals surface area contributed by atoms with Crippen LogP contribution in [0.2, 0.25) is 0 Å². The fourth-order valence-electron chi connectivity index (χ4n) is 1.38. The number of aryl methyl sites for hydroxylation is 1. The van der Waals surface area contributed by atoms with Gasteiger partial charge >= 0.3 is 0 Å². The van der Waals surface area contributed by atoms with Crippen molar-refractivity contribution in [3.63, 3.8) is 0 Å². The van der Waals surface area contributed by atoms with Gasteiger partial charge in [-0.05, 0) is 33.8 Å². The lowest BCUT2D eigenvalue weighted by molar-refractivity contribution is 0.103. The third kappa shape index (κ3) is 2.08. The van der Waals surface area contributed by atoms with Crippen LogP contribution in [0.25, 0.3) is 0 Å². The number of rotatable bonds is 4. The highest BCUT2D eigenvalue weighted by atomic mass is 79.9. The van der Waals surface area contributed by atoms with Crippen molar-refractivity contribution in [3.8, 4) is 0 Å². The summed E-state index contributed by atoms with van der Waals surface area (Å²) in [5, 5.41) is 9.56. The molecule has 0 fully saturated rings. The molecular formula is C10H10BrN3OS. The number of hydrogen-bond donors (Lipinski definition) is 0. The first kappa shape index (κ1) is 11.5. The second-order valence-electron chi connectivity index (χ2n) is 3.27. The largest absolute Gasteiger partial charge is 0.286 e. The Balaban J connectivity index is 2.34. The minimum Gasteiger partial charge on any atom is -0.286 e. The van der Waals surface area contributed by atoms with E-state index in [-0.39, 0.29) is 5.78 Å².